The zero-order valence-corrected chi connectivity index (χ0v) is 9.44. The minimum atomic E-state index is -2.75. The summed E-state index contributed by atoms with van der Waals surface area (Å²) in [4.78, 5) is 12.5. The maximum Gasteiger partial charge on any atom is 0.257 e. The van der Waals surface area contributed by atoms with E-state index in [-0.39, 0.29) is 17.8 Å². The topological polar surface area (TPSA) is 66.6 Å². The third-order valence-electron chi connectivity index (χ3n) is 2.24. The minimum Gasteiger partial charge on any atom is -0.399 e. The Morgan fingerprint density at radius 2 is 2.11 bits per heavy atom. The Hall–Kier alpha value is -1.76. The fourth-order valence-corrected chi connectivity index (χ4v) is 1.44. The van der Waals surface area contributed by atoms with Crippen LogP contribution in [0.15, 0.2) is 18.2 Å². The van der Waals surface area contributed by atoms with Gasteiger partial charge in [0, 0.05) is 12.2 Å². The number of rotatable bonds is 5. The molecule has 0 saturated heterocycles. The smallest absolute Gasteiger partial charge is 0.257 e. The second kappa shape index (κ2) is 6.25. The van der Waals surface area contributed by atoms with Gasteiger partial charge in [-0.05, 0) is 18.2 Å². The SMILES string of the molecule is Nc1ccc(C(=O)N(CCO)CC(F)F)c(F)c1. The van der Waals surface area contributed by atoms with Gasteiger partial charge in [0.05, 0.1) is 18.7 Å². The van der Waals surface area contributed by atoms with Crippen molar-refractivity contribution in [2.75, 3.05) is 25.4 Å². The van der Waals surface area contributed by atoms with Crippen LogP contribution in [0.25, 0.3) is 0 Å². The second-order valence-corrected chi connectivity index (χ2v) is 3.61. The first-order chi connectivity index (χ1) is 8.45. The summed E-state index contributed by atoms with van der Waals surface area (Å²) in [6, 6.07) is 3.37. The number of hydrogen-bond donors (Lipinski definition) is 2. The van der Waals surface area contributed by atoms with Crippen LogP contribution in [-0.4, -0.2) is 42.0 Å². The molecule has 0 bridgehead atoms. The zero-order valence-electron chi connectivity index (χ0n) is 9.44. The lowest BCUT2D eigenvalue weighted by Gasteiger charge is -2.21. The van der Waals surface area contributed by atoms with Gasteiger partial charge in [-0.2, -0.15) is 0 Å². The number of carbonyl (C=O) groups excluding carboxylic acids is 1. The molecule has 100 valence electrons. The van der Waals surface area contributed by atoms with Crippen molar-refractivity contribution >= 4 is 11.6 Å². The van der Waals surface area contributed by atoms with Crippen molar-refractivity contribution in [2.24, 2.45) is 0 Å². The Labute approximate surface area is 102 Å². The van der Waals surface area contributed by atoms with E-state index in [1.807, 2.05) is 0 Å². The van der Waals surface area contributed by atoms with Gasteiger partial charge in [-0.3, -0.25) is 4.79 Å². The summed E-state index contributed by atoms with van der Waals surface area (Å²) in [5.74, 6) is -1.78. The van der Waals surface area contributed by atoms with Crippen molar-refractivity contribution in [3.05, 3.63) is 29.6 Å². The van der Waals surface area contributed by atoms with Crippen LogP contribution in [0.5, 0.6) is 0 Å². The number of nitrogen functional groups attached to an aromatic ring is 1. The number of aliphatic hydroxyl groups excluding tert-OH is 1. The van der Waals surface area contributed by atoms with Gasteiger partial charge in [-0.25, -0.2) is 13.2 Å². The van der Waals surface area contributed by atoms with Crippen molar-refractivity contribution in [1.82, 2.24) is 4.90 Å². The molecule has 1 amide bonds. The number of hydrogen-bond acceptors (Lipinski definition) is 3. The summed E-state index contributed by atoms with van der Waals surface area (Å²) in [6.07, 6.45) is -2.75. The summed E-state index contributed by atoms with van der Waals surface area (Å²) in [5.41, 5.74) is 5.10. The van der Waals surface area contributed by atoms with Crippen LogP contribution in [0, 0.1) is 5.82 Å². The summed E-state index contributed by atoms with van der Waals surface area (Å²) in [5, 5.41) is 8.71. The number of benzene rings is 1. The molecule has 0 heterocycles. The largest absolute Gasteiger partial charge is 0.399 e. The summed E-state index contributed by atoms with van der Waals surface area (Å²) < 4.78 is 38.0. The van der Waals surface area contributed by atoms with Gasteiger partial charge in [0.1, 0.15) is 5.82 Å². The number of amides is 1. The van der Waals surface area contributed by atoms with Crippen LogP contribution in [0.2, 0.25) is 0 Å². The van der Waals surface area contributed by atoms with Crippen LogP contribution < -0.4 is 5.73 Å². The van der Waals surface area contributed by atoms with Gasteiger partial charge < -0.3 is 15.7 Å². The number of alkyl halides is 2. The Kier molecular flexibility index (Phi) is 4.96. The lowest BCUT2D eigenvalue weighted by atomic mass is 10.1. The lowest BCUT2D eigenvalue weighted by Crippen LogP contribution is -2.37. The van der Waals surface area contributed by atoms with Crippen LogP contribution in [-0.2, 0) is 0 Å². The van der Waals surface area contributed by atoms with Gasteiger partial charge in [0.25, 0.3) is 12.3 Å². The van der Waals surface area contributed by atoms with E-state index in [4.69, 9.17) is 10.8 Å². The third kappa shape index (κ3) is 3.63. The summed E-state index contributed by atoms with van der Waals surface area (Å²) >= 11 is 0. The maximum atomic E-state index is 13.5. The number of carbonyl (C=O) groups is 1. The van der Waals surface area contributed by atoms with Crippen molar-refractivity contribution in [1.29, 1.82) is 0 Å². The number of anilines is 1. The van der Waals surface area contributed by atoms with Gasteiger partial charge >= 0.3 is 0 Å². The first kappa shape index (κ1) is 14.3. The molecule has 0 atom stereocenters. The zero-order chi connectivity index (χ0) is 13.7. The number of halogens is 3. The van der Waals surface area contributed by atoms with E-state index in [1.54, 1.807) is 0 Å². The van der Waals surface area contributed by atoms with E-state index in [1.165, 1.54) is 6.07 Å². The summed E-state index contributed by atoms with van der Waals surface area (Å²) in [7, 11) is 0. The Bertz CT molecular complexity index is 427. The molecule has 4 nitrogen and oxygen atoms in total. The molecule has 0 aliphatic heterocycles. The molecule has 1 aromatic rings. The molecule has 0 fully saturated rings. The fourth-order valence-electron chi connectivity index (χ4n) is 1.44. The first-order valence-electron chi connectivity index (χ1n) is 5.19. The molecule has 18 heavy (non-hydrogen) atoms. The summed E-state index contributed by atoms with van der Waals surface area (Å²) in [6.45, 7) is -1.62. The number of nitrogens with zero attached hydrogens (tertiary/aromatic N) is 1. The van der Waals surface area contributed by atoms with E-state index < -0.39 is 31.3 Å². The maximum absolute atomic E-state index is 13.5. The number of nitrogens with two attached hydrogens (primary N) is 1. The Morgan fingerprint density at radius 3 is 2.61 bits per heavy atom. The molecule has 0 spiro atoms. The molecule has 1 rings (SSSR count). The number of aliphatic hydroxyl groups is 1. The van der Waals surface area contributed by atoms with Crippen LogP contribution >= 0.6 is 0 Å². The molecule has 0 unspecified atom stereocenters. The first-order valence-corrected chi connectivity index (χ1v) is 5.19. The minimum absolute atomic E-state index is 0.131. The van der Waals surface area contributed by atoms with Crippen molar-refractivity contribution in [3.63, 3.8) is 0 Å². The molecule has 0 saturated carbocycles. The lowest BCUT2D eigenvalue weighted by molar-refractivity contribution is 0.0505. The molecule has 1 aromatic carbocycles. The molecule has 0 radical (unpaired) electrons. The van der Waals surface area contributed by atoms with Gasteiger partial charge in [0.2, 0.25) is 0 Å². The molecular formula is C11H13F3N2O2. The van der Waals surface area contributed by atoms with E-state index in [0.717, 1.165) is 12.1 Å². The second-order valence-electron chi connectivity index (χ2n) is 3.61. The van der Waals surface area contributed by atoms with Gasteiger partial charge in [0.15, 0.2) is 0 Å². The average Bonchev–Trinajstić information content (AvgIpc) is 2.27. The highest BCUT2D eigenvalue weighted by molar-refractivity contribution is 5.94. The van der Waals surface area contributed by atoms with Crippen molar-refractivity contribution < 1.29 is 23.1 Å². The van der Waals surface area contributed by atoms with E-state index >= 15 is 0 Å². The fraction of sp³-hybridized carbons (Fsp3) is 0.364. The van der Waals surface area contributed by atoms with Crippen LogP contribution in [0.4, 0.5) is 18.9 Å². The van der Waals surface area contributed by atoms with E-state index in [9.17, 15) is 18.0 Å². The monoisotopic (exact) mass is 262 g/mol. The van der Waals surface area contributed by atoms with E-state index in [0.29, 0.717) is 4.90 Å². The normalized spacial score (nSPS) is 10.7. The van der Waals surface area contributed by atoms with Gasteiger partial charge in [-0.1, -0.05) is 0 Å². The molecule has 0 aliphatic carbocycles. The molecule has 0 aliphatic rings. The molecule has 7 heteroatoms. The third-order valence-corrected chi connectivity index (χ3v) is 2.24. The predicted molar refractivity (Wildman–Crippen MR) is 59.8 cm³/mol. The highest BCUT2D eigenvalue weighted by Gasteiger charge is 2.21. The van der Waals surface area contributed by atoms with Crippen molar-refractivity contribution in [3.8, 4) is 0 Å². The Balaban J connectivity index is 2.94. The molecule has 3 N–H and O–H groups in total. The highest BCUT2D eigenvalue weighted by Crippen LogP contribution is 2.14. The standard InChI is InChI=1S/C11H13F3N2O2/c12-9-5-7(15)1-2-8(9)11(18)16(3-4-17)6-10(13)14/h1-2,5,10,17H,3-4,6,15H2. The predicted octanol–water partition coefficient (Wildman–Crippen LogP) is 1.11. The van der Waals surface area contributed by atoms with Crippen LogP contribution in [0.3, 0.4) is 0 Å². The molecular weight excluding hydrogens is 249 g/mol. The van der Waals surface area contributed by atoms with Crippen molar-refractivity contribution in [2.45, 2.75) is 6.43 Å². The van der Waals surface area contributed by atoms with E-state index in [2.05, 4.69) is 0 Å². The van der Waals surface area contributed by atoms with Crippen LogP contribution in [0.1, 0.15) is 10.4 Å². The van der Waals surface area contributed by atoms with Gasteiger partial charge in [-0.15, -0.1) is 0 Å². The average molecular weight is 262 g/mol. The highest BCUT2D eigenvalue weighted by atomic mass is 19.3. The molecule has 0 aromatic heterocycles. The quantitative estimate of drug-likeness (QED) is 0.781. The Morgan fingerprint density at radius 1 is 1.44 bits per heavy atom.